The summed E-state index contributed by atoms with van der Waals surface area (Å²) in [4.78, 5) is 30.0. The van der Waals surface area contributed by atoms with Gasteiger partial charge in [0.05, 0.1) is 30.6 Å². The van der Waals surface area contributed by atoms with Crippen LogP contribution in [0, 0.1) is 0 Å². The van der Waals surface area contributed by atoms with Gasteiger partial charge in [-0.05, 0) is 30.5 Å². The van der Waals surface area contributed by atoms with E-state index in [4.69, 9.17) is 16.2 Å². The summed E-state index contributed by atoms with van der Waals surface area (Å²) in [5.41, 5.74) is 13.8. The summed E-state index contributed by atoms with van der Waals surface area (Å²) in [7, 11) is 0. The number of rotatable bonds is 11. The second-order valence-electron chi connectivity index (χ2n) is 7.46. The van der Waals surface area contributed by atoms with E-state index >= 15 is 0 Å². The first kappa shape index (κ1) is 23.3. The molecule has 0 bridgehead atoms. The average Bonchev–Trinajstić information content (AvgIpc) is 2.82. The Labute approximate surface area is 187 Å². The molecule has 0 aliphatic carbocycles. The molecule has 3 aromatic rings. The third kappa shape index (κ3) is 6.84. The Balaban J connectivity index is 1.69. The van der Waals surface area contributed by atoms with Crippen molar-refractivity contribution in [3.8, 4) is 0 Å². The molecule has 0 radical (unpaired) electrons. The minimum absolute atomic E-state index is 0.0324. The van der Waals surface area contributed by atoms with Crippen molar-refractivity contribution in [1.82, 2.24) is 10.3 Å². The molecule has 6 N–H and O–H groups in total. The molecule has 2 atom stereocenters. The van der Waals surface area contributed by atoms with Gasteiger partial charge in [0, 0.05) is 11.9 Å². The number of amides is 2. The van der Waals surface area contributed by atoms with Gasteiger partial charge >= 0.3 is 0 Å². The average molecular weight is 436 g/mol. The minimum atomic E-state index is -0.893. The molecule has 1 aromatic heterocycles. The van der Waals surface area contributed by atoms with Crippen LogP contribution in [0.3, 0.4) is 0 Å². The molecule has 8 nitrogen and oxygen atoms in total. The van der Waals surface area contributed by atoms with Crippen LogP contribution in [0.2, 0.25) is 0 Å². The Bertz CT molecular complexity index is 1030. The Morgan fingerprint density at radius 3 is 2.56 bits per heavy atom. The van der Waals surface area contributed by atoms with E-state index in [9.17, 15) is 9.59 Å². The molecule has 32 heavy (non-hydrogen) atoms. The zero-order chi connectivity index (χ0) is 22.8. The highest BCUT2D eigenvalue weighted by atomic mass is 16.5. The van der Waals surface area contributed by atoms with E-state index in [2.05, 4.69) is 15.6 Å². The number of pyridine rings is 1. The lowest BCUT2D eigenvalue weighted by molar-refractivity contribution is -0.128. The predicted molar refractivity (Wildman–Crippen MR) is 125 cm³/mol. The summed E-state index contributed by atoms with van der Waals surface area (Å²) in [6.45, 7) is 0.689. The van der Waals surface area contributed by atoms with Crippen LogP contribution in [0.25, 0.3) is 10.9 Å². The third-order valence-corrected chi connectivity index (χ3v) is 4.95. The fourth-order valence-corrected chi connectivity index (χ4v) is 3.24. The lowest BCUT2D eigenvalue weighted by Crippen LogP contribution is -2.51. The summed E-state index contributed by atoms with van der Waals surface area (Å²) in [6.07, 6.45) is 2.63. The maximum Gasteiger partial charge on any atom is 0.247 e. The first-order chi connectivity index (χ1) is 15.6. The molecule has 1 unspecified atom stereocenters. The van der Waals surface area contributed by atoms with Gasteiger partial charge in [-0.2, -0.15) is 0 Å². The third-order valence-electron chi connectivity index (χ3n) is 4.95. The number of nitrogens with two attached hydrogens (primary N) is 2. The number of hydrogen-bond acceptors (Lipinski definition) is 6. The highest BCUT2D eigenvalue weighted by Gasteiger charge is 2.24. The van der Waals surface area contributed by atoms with E-state index in [0.717, 1.165) is 16.5 Å². The van der Waals surface area contributed by atoms with Crippen molar-refractivity contribution in [2.24, 2.45) is 11.5 Å². The van der Waals surface area contributed by atoms with Gasteiger partial charge in [-0.25, -0.2) is 0 Å². The summed E-state index contributed by atoms with van der Waals surface area (Å²) >= 11 is 0. The molecule has 0 spiro atoms. The molecule has 0 aliphatic heterocycles. The molecule has 3 rings (SSSR count). The number of ether oxygens (including phenoxy) is 1. The van der Waals surface area contributed by atoms with E-state index in [0.29, 0.717) is 31.7 Å². The van der Waals surface area contributed by atoms with Crippen LogP contribution in [0.15, 0.2) is 66.9 Å². The van der Waals surface area contributed by atoms with Crippen molar-refractivity contribution >= 4 is 28.4 Å². The topological polar surface area (TPSA) is 132 Å². The lowest BCUT2D eigenvalue weighted by atomic mass is 10.0. The van der Waals surface area contributed by atoms with Crippen molar-refractivity contribution < 1.29 is 14.3 Å². The number of para-hydroxylation sites is 1. The molecule has 0 saturated heterocycles. The van der Waals surface area contributed by atoms with Gasteiger partial charge in [-0.15, -0.1) is 0 Å². The second kappa shape index (κ2) is 11.9. The number of anilines is 1. The van der Waals surface area contributed by atoms with Gasteiger partial charge in [0.2, 0.25) is 11.8 Å². The van der Waals surface area contributed by atoms with Gasteiger partial charge < -0.3 is 26.8 Å². The van der Waals surface area contributed by atoms with Crippen LogP contribution in [-0.4, -0.2) is 48.6 Å². The van der Waals surface area contributed by atoms with Crippen LogP contribution in [0.4, 0.5) is 5.69 Å². The number of aryl methyl sites for hydroxylation is 1. The normalized spacial score (nSPS) is 12.8. The zero-order valence-corrected chi connectivity index (χ0v) is 17.9. The molecule has 2 amide bonds. The number of carbonyl (C=O) groups is 2. The Morgan fingerprint density at radius 1 is 1.03 bits per heavy atom. The molecular formula is C24H29N5O3. The van der Waals surface area contributed by atoms with E-state index in [1.54, 1.807) is 6.20 Å². The number of nitrogens with zero attached hydrogens (tertiary/aromatic N) is 1. The van der Waals surface area contributed by atoms with E-state index < -0.39 is 18.0 Å². The second-order valence-corrected chi connectivity index (χ2v) is 7.46. The highest BCUT2D eigenvalue weighted by molar-refractivity contribution is 5.98. The van der Waals surface area contributed by atoms with Crippen LogP contribution < -0.4 is 22.1 Å². The number of hydrogen-bond donors (Lipinski definition) is 4. The van der Waals surface area contributed by atoms with Crippen molar-refractivity contribution in [1.29, 1.82) is 0 Å². The monoisotopic (exact) mass is 435 g/mol. The van der Waals surface area contributed by atoms with E-state index in [1.807, 2.05) is 60.7 Å². The van der Waals surface area contributed by atoms with Crippen molar-refractivity contribution in [2.75, 3.05) is 25.1 Å². The Morgan fingerprint density at radius 2 is 1.78 bits per heavy atom. The molecule has 0 saturated carbocycles. The summed E-state index contributed by atoms with van der Waals surface area (Å²) in [5.74, 6) is -0.784. The first-order valence-electron chi connectivity index (χ1n) is 10.6. The quantitative estimate of drug-likeness (QED) is 0.338. The molecular weight excluding hydrogens is 406 g/mol. The maximum absolute atomic E-state index is 13.0. The Hall–Kier alpha value is -3.33. The van der Waals surface area contributed by atoms with Crippen molar-refractivity contribution in [3.05, 3.63) is 72.4 Å². The molecule has 168 valence electrons. The fraction of sp³-hybridized carbons (Fsp3) is 0.292. The van der Waals surface area contributed by atoms with Gasteiger partial charge in [-0.1, -0.05) is 48.5 Å². The van der Waals surface area contributed by atoms with E-state index in [-0.39, 0.29) is 12.5 Å². The predicted octanol–water partition coefficient (Wildman–Crippen LogP) is 1.59. The smallest absolute Gasteiger partial charge is 0.247 e. The van der Waals surface area contributed by atoms with Crippen molar-refractivity contribution in [3.63, 3.8) is 0 Å². The number of aromatic nitrogens is 1. The lowest BCUT2D eigenvalue weighted by Gasteiger charge is -2.21. The highest BCUT2D eigenvalue weighted by Crippen LogP contribution is 2.17. The molecule has 8 heteroatoms. The van der Waals surface area contributed by atoms with Crippen LogP contribution in [0.5, 0.6) is 0 Å². The van der Waals surface area contributed by atoms with Crippen LogP contribution >= 0.6 is 0 Å². The largest absolute Gasteiger partial charge is 0.378 e. The van der Waals surface area contributed by atoms with Crippen LogP contribution in [0.1, 0.15) is 12.0 Å². The summed E-state index contributed by atoms with van der Waals surface area (Å²) < 4.78 is 5.25. The number of fused-ring (bicyclic) bond motifs is 1. The zero-order valence-electron chi connectivity index (χ0n) is 17.9. The minimum Gasteiger partial charge on any atom is -0.378 e. The maximum atomic E-state index is 13.0. The van der Waals surface area contributed by atoms with E-state index in [1.165, 1.54) is 0 Å². The number of carbonyl (C=O) groups excluding carboxylic acids is 2. The standard InChI is InChI=1S/C24H29N5O3/c25-12-13-32-16-20(26)23(30)29-22(11-10-17-6-2-1-3-7-17)24(31)28-19-14-18-8-4-5-9-21(18)27-15-19/h1-9,14-15,20,22H,10-13,16,25-26H2,(H,28,31)(H,29,30)/t20-,22?/m1/s1. The van der Waals surface area contributed by atoms with Gasteiger partial charge in [0.1, 0.15) is 12.1 Å². The first-order valence-corrected chi connectivity index (χ1v) is 10.6. The van der Waals surface area contributed by atoms with Gasteiger partial charge in [0.25, 0.3) is 0 Å². The fourth-order valence-electron chi connectivity index (χ4n) is 3.24. The molecule has 2 aromatic carbocycles. The molecule has 0 aliphatic rings. The van der Waals surface area contributed by atoms with Gasteiger partial charge in [-0.3, -0.25) is 14.6 Å². The molecule has 1 heterocycles. The number of benzene rings is 2. The van der Waals surface area contributed by atoms with Crippen LogP contribution in [-0.2, 0) is 20.7 Å². The van der Waals surface area contributed by atoms with Gasteiger partial charge in [0.15, 0.2) is 0 Å². The summed E-state index contributed by atoms with van der Waals surface area (Å²) in [6, 6.07) is 17.6. The summed E-state index contributed by atoms with van der Waals surface area (Å²) in [5, 5.41) is 6.54. The number of nitrogens with one attached hydrogen (secondary N) is 2. The van der Waals surface area contributed by atoms with Crippen molar-refractivity contribution in [2.45, 2.75) is 24.9 Å². The Kier molecular flexibility index (Phi) is 8.68. The molecule has 0 fully saturated rings. The SMILES string of the molecule is NCCOC[C@@H](N)C(=O)NC(CCc1ccccc1)C(=O)Nc1cnc2ccccc2c1.